The fourth-order valence-electron chi connectivity index (χ4n) is 3.29. The molecule has 1 amide bonds. The van der Waals surface area contributed by atoms with Crippen molar-refractivity contribution in [2.45, 2.75) is 0 Å². The van der Waals surface area contributed by atoms with Gasteiger partial charge in [-0.15, -0.1) is 0 Å². The molecule has 0 radical (unpaired) electrons. The Labute approximate surface area is 214 Å². The molecule has 3 N–H and O–H groups in total. The first-order chi connectivity index (χ1) is 18.3. The molecule has 0 saturated carbocycles. The van der Waals surface area contributed by atoms with Crippen LogP contribution < -0.4 is 20.7 Å². The number of rotatable bonds is 8. The van der Waals surface area contributed by atoms with Gasteiger partial charge < -0.3 is 25.4 Å². The van der Waals surface area contributed by atoms with E-state index in [1.54, 1.807) is 12.1 Å². The lowest BCUT2D eigenvalue weighted by molar-refractivity contribution is 0.0595. The van der Waals surface area contributed by atoms with Crippen molar-refractivity contribution >= 4 is 40.7 Å². The van der Waals surface area contributed by atoms with E-state index in [1.807, 2.05) is 0 Å². The number of methoxy groups -OCH3 is 2. The van der Waals surface area contributed by atoms with Crippen LogP contribution in [-0.4, -0.2) is 36.1 Å². The average Bonchev–Trinajstić information content (AvgIpc) is 2.91. The second kappa shape index (κ2) is 11.3. The number of aromatic nitrogens is 2. The fourth-order valence-corrected chi connectivity index (χ4v) is 3.29. The van der Waals surface area contributed by atoms with Crippen molar-refractivity contribution in [3.63, 3.8) is 0 Å². The first kappa shape index (κ1) is 25.9. The molecular weight excluding hydrogens is 503 g/mol. The number of halogens is 3. The molecule has 1 heterocycles. The number of nitrogens with one attached hydrogen (secondary N) is 3. The molecule has 0 atom stereocenters. The molecule has 194 valence electrons. The first-order valence-electron chi connectivity index (χ1n) is 11.0. The van der Waals surface area contributed by atoms with E-state index in [9.17, 15) is 22.8 Å². The van der Waals surface area contributed by atoms with Crippen molar-refractivity contribution in [2.24, 2.45) is 0 Å². The normalized spacial score (nSPS) is 10.4. The predicted molar refractivity (Wildman–Crippen MR) is 134 cm³/mol. The van der Waals surface area contributed by atoms with Gasteiger partial charge in [0.2, 0.25) is 5.95 Å². The van der Waals surface area contributed by atoms with Gasteiger partial charge in [-0.25, -0.2) is 22.9 Å². The largest absolute Gasteiger partial charge is 0.497 e. The van der Waals surface area contributed by atoms with Crippen LogP contribution in [0, 0.1) is 17.5 Å². The Hall–Kier alpha value is -5.13. The molecule has 0 fully saturated rings. The summed E-state index contributed by atoms with van der Waals surface area (Å²) in [4.78, 5) is 31.8. The van der Waals surface area contributed by atoms with E-state index in [1.165, 1.54) is 43.5 Å². The number of amides is 1. The lowest BCUT2D eigenvalue weighted by Gasteiger charge is -2.11. The summed E-state index contributed by atoms with van der Waals surface area (Å²) in [6.45, 7) is 0. The number of ether oxygens (including phenoxy) is 2. The Morgan fingerprint density at radius 1 is 0.763 bits per heavy atom. The molecular formula is C26H20F3N5O4. The van der Waals surface area contributed by atoms with Gasteiger partial charge in [-0.1, -0.05) is 0 Å². The highest BCUT2D eigenvalue weighted by Crippen LogP contribution is 2.24. The number of anilines is 5. The van der Waals surface area contributed by atoms with Crippen molar-refractivity contribution in [2.75, 3.05) is 30.2 Å². The van der Waals surface area contributed by atoms with Crippen LogP contribution in [0.15, 0.2) is 66.9 Å². The molecule has 4 aromatic rings. The van der Waals surface area contributed by atoms with Gasteiger partial charge in [-0.3, -0.25) is 4.79 Å². The third-order valence-corrected chi connectivity index (χ3v) is 5.20. The smallest absolute Gasteiger partial charge is 0.340 e. The van der Waals surface area contributed by atoms with Crippen LogP contribution in [-0.2, 0) is 4.74 Å². The van der Waals surface area contributed by atoms with Crippen molar-refractivity contribution in [3.05, 3.63) is 95.4 Å². The van der Waals surface area contributed by atoms with Crippen LogP contribution in [0.3, 0.4) is 0 Å². The van der Waals surface area contributed by atoms with E-state index in [4.69, 9.17) is 4.74 Å². The van der Waals surface area contributed by atoms with Gasteiger partial charge in [0.05, 0.1) is 31.5 Å². The molecule has 3 aromatic carbocycles. The highest BCUT2D eigenvalue weighted by molar-refractivity contribution is 6.04. The molecule has 9 nitrogen and oxygen atoms in total. The SMILES string of the molecule is COC(=O)c1ccc(Nc2ncc(F)c(Nc3ccc(NC(=O)c4ccc(OC)cc4F)cc3)n2)cc1F. The van der Waals surface area contributed by atoms with Gasteiger partial charge in [0.1, 0.15) is 17.4 Å². The summed E-state index contributed by atoms with van der Waals surface area (Å²) in [5.74, 6) is -3.70. The van der Waals surface area contributed by atoms with E-state index in [2.05, 4.69) is 30.7 Å². The molecule has 0 saturated heterocycles. The molecule has 4 rings (SSSR count). The molecule has 1 aromatic heterocycles. The summed E-state index contributed by atoms with van der Waals surface area (Å²) >= 11 is 0. The van der Waals surface area contributed by atoms with Crippen LogP contribution in [0.2, 0.25) is 0 Å². The molecule has 0 aliphatic rings. The maximum atomic E-state index is 14.3. The zero-order valence-corrected chi connectivity index (χ0v) is 20.0. The Kier molecular flexibility index (Phi) is 7.71. The number of benzene rings is 3. The Balaban J connectivity index is 1.43. The van der Waals surface area contributed by atoms with E-state index in [0.29, 0.717) is 11.4 Å². The van der Waals surface area contributed by atoms with Crippen LogP contribution in [0.1, 0.15) is 20.7 Å². The van der Waals surface area contributed by atoms with Crippen LogP contribution in [0.4, 0.5) is 42.0 Å². The highest BCUT2D eigenvalue weighted by atomic mass is 19.1. The van der Waals surface area contributed by atoms with Gasteiger partial charge in [0.25, 0.3) is 5.91 Å². The third-order valence-electron chi connectivity index (χ3n) is 5.20. The standard InChI is InChI=1S/C26H20F3N5O4/c1-37-17-8-10-18(21(28)12-17)24(35)32-15-5-3-14(4-6-15)31-23-22(29)13-30-26(34-23)33-16-7-9-19(20(27)11-16)25(36)38-2/h3-13H,1-2H3,(H,32,35)(H2,30,31,33,34). The molecule has 38 heavy (non-hydrogen) atoms. The summed E-state index contributed by atoms with van der Waals surface area (Å²) < 4.78 is 52.1. The van der Waals surface area contributed by atoms with Gasteiger partial charge in [0, 0.05) is 23.1 Å². The number of hydrogen-bond donors (Lipinski definition) is 3. The Morgan fingerprint density at radius 2 is 1.42 bits per heavy atom. The second-order valence-corrected chi connectivity index (χ2v) is 7.70. The average molecular weight is 523 g/mol. The molecule has 0 aliphatic heterocycles. The van der Waals surface area contributed by atoms with Crippen molar-refractivity contribution in [3.8, 4) is 5.75 Å². The molecule has 0 bridgehead atoms. The van der Waals surface area contributed by atoms with Crippen LogP contribution in [0.25, 0.3) is 0 Å². The topological polar surface area (TPSA) is 114 Å². The lowest BCUT2D eigenvalue weighted by Crippen LogP contribution is -2.13. The van der Waals surface area contributed by atoms with Crippen molar-refractivity contribution in [1.29, 1.82) is 0 Å². The van der Waals surface area contributed by atoms with Gasteiger partial charge in [0.15, 0.2) is 11.6 Å². The van der Waals surface area contributed by atoms with E-state index in [-0.39, 0.29) is 34.3 Å². The molecule has 12 heteroatoms. The van der Waals surface area contributed by atoms with Crippen LogP contribution >= 0.6 is 0 Å². The first-order valence-corrected chi connectivity index (χ1v) is 11.0. The van der Waals surface area contributed by atoms with E-state index >= 15 is 0 Å². The minimum Gasteiger partial charge on any atom is -0.497 e. The monoisotopic (exact) mass is 523 g/mol. The molecule has 0 unspecified atom stereocenters. The van der Waals surface area contributed by atoms with Crippen molar-refractivity contribution in [1.82, 2.24) is 9.97 Å². The van der Waals surface area contributed by atoms with Crippen LogP contribution in [0.5, 0.6) is 5.75 Å². The minimum absolute atomic E-state index is 0.0375. The van der Waals surface area contributed by atoms with Gasteiger partial charge >= 0.3 is 5.97 Å². The Bertz CT molecular complexity index is 1500. The van der Waals surface area contributed by atoms with E-state index in [0.717, 1.165) is 25.4 Å². The van der Waals surface area contributed by atoms with E-state index < -0.39 is 29.3 Å². The summed E-state index contributed by atoms with van der Waals surface area (Å²) in [5.41, 5.74) is 0.626. The summed E-state index contributed by atoms with van der Waals surface area (Å²) in [7, 11) is 2.53. The third kappa shape index (κ3) is 5.98. The van der Waals surface area contributed by atoms with Crippen molar-refractivity contribution < 1.29 is 32.2 Å². The highest BCUT2D eigenvalue weighted by Gasteiger charge is 2.15. The second-order valence-electron chi connectivity index (χ2n) is 7.70. The number of nitrogens with zero attached hydrogens (tertiary/aromatic N) is 2. The molecule has 0 aliphatic carbocycles. The summed E-state index contributed by atoms with van der Waals surface area (Å²) in [6.07, 6.45) is 0.925. The number of carbonyl (C=O) groups is 2. The molecule has 0 spiro atoms. The maximum Gasteiger partial charge on any atom is 0.340 e. The summed E-state index contributed by atoms with van der Waals surface area (Å²) in [6, 6.07) is 13.8. The number of esters is 1. The quantitative estimate of drug-likeness (QED) is 0.262. The van der Waals surface area contributed by atoms with Gasteiger partial charge in [-0.2, -0.15) is 4.98 Å². The lowest BCUT2D eigenvalue weighted by atomic mass is 10.2. The zero-order chi connectivity index (χ0) is 27.2. The number of carbonyl (C=O) groups excluding carboxylic acids is 2. The summed E-state index contributed by atoms with van der Waals surface area (Å²) in [5, 5.41) is 8.10. The minimum atomic E-state index is -0.822. The zero-order valence-electron chi connectivity index (χ0n) is 20.0. The predicted octanol–water partition coefficient (Wildman–Crippen LogP) is 5.43. The number of hydrogen-bond acceptors (Lipinski definition) is 8. The fraction of sp³-hybridized carbons (Fsp3) is 0.0769. The maximum absolute atomic E-state index is 14.3. The van der Waals surface area contributed by atoms with Gasteiger partial charge in [-0.05, 0) is 54.6 Å². The Morgan fingerprint density at radius 3 is 2.08 bits per heavy atom.